The van der Waals surface area contributed by atoms with Gasteiger partial charge in [-0.1, -0.05) is 18.2 Å². The lowest BCUT2D eigenvalue weighted by molar-refractivity contribution is -0.137. The predicted molar refractivity (Wildman–Crippen MR) is 145 cm³/mol. The van der Waals surface area contributed by atoms with Crippen molar-refractivity contribution >= 4 is 11.8 Å². The van der Waals surface area contributed by atoms with Crippen molar-refractivity contribution in [3.05, 3.63) is 65.0 Å². The highest BCUT2D eigenvalue weighted by Gasteiger charge is 2.30. The number of carbonyl (C=O) groups is 2. The molecule has 2 bridgehead atoms. The number of hydrogen-bond donors (Lipinski definition) is 4. The summed E-state index contributed by atoms with van der Waals surface area (Å²) in [5, 5.41) is 19.6. The van der Waals surface area contributed by atoms with Gasteiger partial charge in [0.05, 0.1) is 24.3 Å². The average molecular weight is 578 g/mol. The molecule has 2 amide bonds. The standard InChI is InChI=1S/C30H35F4N3O4/c1-2-6-22-9-10-28(39)36-11-3-4-12-41-25-15-21(14-24(31)17-25)16-26(37-29(22)40)27(38)19-35-18-20-7-5-8-23(13-20)30(32,33)34/h1,5,7-8,13-15,17,22,26-27,35,38H,3-4,6,9-12,16,18-19H2,(H,36,39)(H,37,40)/t22?,26-,27+/m0/s1. The van der Waals surface area contributed by atoms with Gasteiger partial charge in [0.15, 0.2) is 0 Å². The van der Waals surface area contributed by atoms with Crippen LogP contribution in [-0.2, 0) is 28.7 Å². The predicted octanol–water partition coefficient (Wildman–Crippen LogP) is 3.73. The van der Waals surface area contributed by atoms with Crippen LogP contribution in [0.25, 0.3) is 0 Å². The number of halogens is 4. The maximum Gasteiger partial charge on any atom is 0.416 e. The van der Waals surface area contributed by atoms with E-state index in [-0.39, 0.29) is 44.7 Å². The number of nitrogens with one attached hydrogen (secondary N) is 3. The van der Waals surface area contributed by atoms with E-state index in [1.807, 2.05) is 0 Å². The van der Waals surface area contributed by atoms with Crippen molar-refractivity contribution in [3.8, 4) is 18.1 Å². The largest absolute Gasteiger partial charge is 0.493 e. The van der Waals surface area contributed by atoms with Gasteiger partial charge in [0.1, 0.15) is 11.6 Å². The molecule has 1 unspecified atom stereocenters. The summed E-state index contributed by atoms with van der Waals surface area (Å²) in [7, 11) is 0. The molecule has 1 aliphatic heterocycles. The molecular formula is C30H35F4N3O4. The van der Waals surface area contributed by atoms with E-state index in [2.05, 4.69) is 21.9 Å². The number of benzene rings is 2. The molecule has 0 radical (unpaired) electrons. The summed E-state index contributed by atoms with van der Waals surface area (Å²) >= 11 is 0. The van der Waals surface area contributed by atoms with E-state index in [9.17, 15) is 32.3 Å². The van der Waals surface area contributed by atoms with Crippen LogP contribution in [0.2, 0.25) is 0 Å². The van der Waals surface area contributed by atoms with E-state index < -0.39 is 41.5 Å². The zero-order valence-corrected chi connectivity index (χ0v) is 22.6. The van der Waals surface area contributed by atoms with Crippen molar-refractivity contribution in [2.75, 3.05) is 19.7 Å². The molecule has 3 atom stereocenters. The summed E-state index contributed by atoms with van der Waals surface area (Å²) in [5.74, 6) is 0.830. The number of hydrogen-bond acceptors (Lipinski definition) is 5. The molecule has 41 heavy (non-hydrogen) atoms. The van der Waals surface area contributed by atoms with Gasteiger partial charge >= 0.3 is 6.18 Å². The monoisotopic (exact) mass is 577 g/mol. The molecule has 1 heterocycles. The van der Waals surface area contributed by atoms with Gasteiger partial charge < -0.3 is 25.8 Å². The van der Waals surface area contributed by atoms with Crippen molar-refractivity contribution < 1.29 is 37.0 Å². The van der Waals surface area contributed by atoms with Crippen LogP contribution in [0.1, 0.15) is 48.8 Å². The zero-order chi connectivity index (χ0) is 29.8. The normalized spacial score (nSPS) is 20.1. The van der Waals surface area contributed by atoms with Gasteiger partial charge in [-0.2, -0.15) is 13.2 Å². The van der Waals surface area contributed by atoms with Crippen LogP contribution in [0.4, 0.5) is 17.6 Å². The number of aliphatic hydroxyl groups excluding tert-OH is 1. The number of fused-ring (bicyclic) bond motifs is 2. The summed E-state index contributed by atoms with van der Waals surface area (Å²) in [5.41, 5.74) is 0.0522. The van der Waals surface area contributed by atoms with E-state index in [1.165, 1.54) is 24.3 Å². The molecule has 0 saturated heterocycles. The smallest absolute Gasteiger partial charge is 0.416 e. The number of carbonyl (C=O) groups excluding carboxylic acids is 2. The number of ether oxygens (including phenoxy) is 1. The Morgan fingerprint density at radius 3 is 2.73 bits per heavy atom. The van der Waals surface area contributed by atoms with Crippen molar-refractivity contribution in [2.24, 2.45) is 5.92 Å². The first-order valence-corrected chi connectivity index (χ1v) is 13.5. The van der Waals surface area contributed by atoms with Gasteiger partial charge in [-0.3, -0.25) is 9.59 Å². The minimum Gasteiger partial charge on any atom is -0.493 e. The van der Waals surface area contributed by atoms with Crippen LogP contribution in [0.3, 0.4) is 0 Å². The molecule has 1 aliphatic rings. The van der Waals surface area contributed by atoms with Gasteiger partial charge in [-0.25, -0.2) is 4.39 Å². The van der Waals surface area contributed by atoms with Crippen molar-refractivity contribution in [1.82, 2.24) is 16.0 Å². The Balaban J connectivity index is 1.78. The lowest BCUT2D eigenvalue weighted by atomic mass is 9.95. The quantitative estimate of drug-likeness (QED) is 0.310. The first kappa shape index (κ1) is 31.9. The molecule has 0 aliphatic carbocycles. The summed E-state index contributed by atoms with van der Waals surface area (Å²) in [4.78, 5) is 25.5. The minimum atomic E-state index is -4.48. The van der Waals surface area contributed by atoms with E-state index in [1.54, 1.807) is 6.07 Å². The summed E-state index contributed by atoms with van der Waals surface area (Å²) in [6.07, 6.45) is 1.48. The Hall–Kier alpha value is -3.62. The molecule has 0 aromatic heterocycles. The Kier molecular flexibility index (Phi) is 12.0. The Morgan fingerprint density at radius 1 is 1.17 bits per heavy atom. The fourth-order valence-corrected chi connectivity index (χ4v) is 4.53. The molecule has 7 nitrogen and oxygen atoms in total. The Labute approximate surface area is 237 Å². The second-order valence-electron chi connectivity index (χ2n) is 10.1. The maximum atomic E-state index is 14.4. The highest BCUT2D eigenvalue weighted by molar-refractivity contribution is 5.81. The summed E-state index contributed by atoms with van der Waals surface area (Å²) in [6.45, 7) is 0.701. The van der Waals surface area contributed by atoms with E-state index >= 15 is 0 Å². The van der Waals surface area contributed by atoms with Crippen LogP contribution in [-0.4, -0.2) is 48.8 Å². The second kappa shape index (κ2) is 15.4. The van der Waals surface area contributed by atoms with E-state index in [0.29, 0.717) is 42.9 Å². The number of amides is 2. The number of rotatable bonds is 6. The molecule has 2 aromatic carbocycles. The molecule has 0 saturated carbocycles. The molecule has 222 valence electrons. The zero-order valence-electron chi connectivity index (χ0n) is 22.6. The SMILES string of the molecule is C#CCC1CCC(=O)NCCCCOc2cc(F)cc(c2)C[C@@H]([C@H](O)CNCc2cccc(C(F)(F)F)c2)NC1=O. The first-order chi connectivity index (χ1) is 19.5. The summed E-state index contributed by atoms with van der Waals surface area (Å²) < 4.78 is 59.2. The third kappa shape index (κ3) is 10.7. The van der Waals surface area contributed by atoms with Gasteiger partial charge in [-0.15, -0.1) is 12.3 Å². The van der Waals surface area contributed by atoms with Crippen LogP contribution >= 0.6 is 0 Å². The first-order valence-electron chi connectivity index (χ1n) is 13.5. The van der Waals surface area contributed by atoms with E-state index in [0.717, 1.165) is 12.1 Å². The topological polar surface area (TPSA) is 99.7 Å². The van der Waals surface area contributed by atoms with Gasteiger partial charge in [0.2, 0.25) is 11.8 Å². The Morgan fingerprint density at radius 2 is 1.98 bits per heavy atom. The second-order valence-corrected chi connectivity index (χ2v) is 10.1. The Bertz CT molecular complexity index is 1210. The fraction of sp³-hybridized carbons (Fsp3) is 0.467. The molecule has 0 spiro atoms. The molecule has 0 fully saturated rings. The highest BCUT2D eigenvalue weighted by Crippen LogP contribution is 2.29. The van der Waals surface area contributed by atoms with Gasteiger partial charge in [0, 0.05) is 44.5 Å². The number of terminal acetylenes is 1. The van der Waals surface area contributed by atoms with Crippen LogP contribution in [0.15, 0.2) is 42.5 Å². The minimum absolute atomic E-state index is 0.0361. The van der Waals surface area contributed by atoms with Gasteiger partial charge in [-0.05, 0) is 55.0 Å². The van der Waals surface area contributed by atoms with Crippen LogP contribution in [0, 0.1) is 24.1 Å². The van der Waals surface area contributed by atoms with Crippen molar-refractivity contribution in [1.29, 1.82) is 0 Å². The van der Waals surface area contributed by atoms with Crippen LogP contribution in [0.5, 0.6) is 5.75 Å². The third-order valence-corrected chi connectivity index (χ3v) is 6.73. The third-order valence-electron chi connectivity index (χ3n) is 6.73. The molecule has 4 N–H and O–H groups in total. The lowest BCUT2D eigenvalue weighted by Crippen LogP contribution is -2.50. The highest BCUT2D eigenvalue weighted by atomic mass is 19.4. The fourth-order valence-electron chi connectivity index (χ4n) is 4.53. The molecule has 11 heteroatoms. The summed E-state index contributed by atoms with van der Waals surface area (Å²) in [6, 6.07) is 8.06. The van der Waals surface area contributed by atoms with Crippen LogP contribution < -0.4 is 20.7 Å². The number of alkyl halides is 3. The lowest BCUT2D eigenvalue weighted by Gasteiger charge is -2.27. The van der Waals surface area contributed by atoms with Crippen molar-refractivity contribution in [2.45, 2.75) is 63.4 Å². The molecule has 3 rings (SSSR count). The maximum absolute atomic E-state index is 14.4. The average Bonchev–Trinajstić information content (AvgIpc) is 2.91. The number of aliphatic hydroxyl groups is 1. The van der Waals surface area contributed by atoms with Gasteiger partial charge in [0.25, 0.3) is 0 Å². The molecular weight excluding hydrogens is 542 g/mol. The molecule has 2 aromatic rings. The van der Waals surface area contributed by atoms with E-state index in [4.69, 9.17) is 11.2 Å². The van der Waals surface area contributed by atoms with Crippen molar-refractivity contribution in [3.63, 3.8) is 0 Å².